The molecule has 0 atom stereocenters. The molecule has 4 aromatic rings. The molecule has 1 saturated carbocycles. The number of carbonyl (C=O) groups excluding carboxylic acids is 1. The summed E-state index contributed by atoms with van der Waals surface area (Å²) in [6.07, 6.45) is 3.79. The monoisotopic (exact) mass is 405 g/mol. The number of rotatable bonds is 5. The van der Waals surface area contributed by atoms with Gasteiger partial charge in [0.2, 0.25) is 5.89 Å². The Morgan fingerprint density at radius 2 is 1.86 bits per heavy atom. The fourth-order valence-electron chi connectivity index (χ4n) is 3.13. The van der Waals surface area contributed by atoms with Crippen LogP contribution in [0.25, 0.3) is 22.8 Å². The number of carbonyl (C=O) groups is 1. The van der Waals surface area contributed by atoms with Gasteiger partial charge in [0.05, 0.1) is 23.0 Å². The highest BCUT2D eigenvalue weighted by molar-refractivity contribution is 7.14. The van der Waals surface area contributed by atoms with Gasteiger partial charge in [0.1, 0.15) is 5.82 Å². The molecule has 5 nitrogen and oxygen atoms in total. The maximum Gasteiger partial charge on any atom is 0.258 e. The van der Waals surface area contributed by atoms with Crippen LogP contribution in [0.4, 0.5) is 9.52 Å². The Hall–Kier alpha value is -3.32. The Morgan fingerprint density at radius 3 is 2.66 bits per heavy atom. The number of anilines is 1. The van der Waals surface area contributed by atoms with Crippen LogP contribution < -0.4 is 5.32 Å². The van der Waals surface area contributed by atoms with E-state index in [1.807, 2.05) is 5.38 Å². The predicted octanol–water partition coefficient (Wildman–Crippen LogP) is 5.73. The second kappa shape index (κ2) is 7.25. The summed E-state index contributed by atoms with van der Waals surface area (Å²) in [5, 5.41) is 5.43. The van der Waals surface area contributed by atoms with Crippen molar-refractivity contribution in [1.82, 2.24) is 9.97 Å². The lowest BCUT2D eigenvalue weighted by Gasteiger charge is -2.06. The summed E-state index contributed by atoms with van der Waals surface area (Å²) in [7, 11) is 0. The fourth-order valence-corrected chi connectivity index (χ4v) is 3.91. The van der Waals surface area contributed by atoms with Crippen LogP contribution in [0.5, 0.6) is 0 Å². The fraction of sp³-hybridized carbons (Fsp3) is 0.136. The first-order chi connectivity index (χ1) is 14.2. The van der Waals surface area contributed by atoms with E-state index in [9.17, 15) is 9.18 Å². The first-order valence-electron chi connectivity index (χ1n) is 9.26. The van der Waals surface area contributed by atoms with E-state index in [1.165, 1.54) is 23.6 Å². The minimum Gasteiger partial charge on any atom is -0.436 e. The number of oxazole rings is 1. The summed E-state index contributed by atoms with van der Waals surface area (Å²) >= 11 is 1.42. The van der Waals surface area contributed by atoms with E-state index in [4.69, 9.17) is 4.42 Å². The second-order valence-corrected chi connectivity index (χ2v) is 7.72. The van der Waals surface area contributed by atoms with Crippen molar-refractivity contribution in [2.24, 2.45) is 0 Å². The standard InChI is InChI=1S/C22H16FN3O2S/c23-17-8-4-3-7-16(17)19-11-24-21(28-19)15-6-2-1-5-14(15)20(27)26-22-25-18(12-29-22)13-9-10-13/h1-8,11-13H,9-10H2,(H,25,26,27). The van der Waals surface area contributed by atoms with Crippen LogP contribution in [-0.2, 0) is 0 Å². The quantitative estimate of drug-likeness (QED) is 0.460. The summed E-state index contributed by atoms with van der Waals surface area (Å²) in [6, 6.07) is 13.4. The van der Waals surface area contributed by atoms with E-state index in [-0.39, 0.29) is 11.8 Å². The normalized spacial score (nSPS) is 13.4. The smallest absolute Gasteiger partial charge is 0.258 e. The Balaban J connectivity index is 1.43. The lowest BCUT2D eigenvalue weighted by Crippen LogP contribution is -2.13. The topological polar surface area (TPSA) is 68.0 Å². The van der Waals surface area contributed by atoms with Crippen molar-refractivity contribution in [2.45, 2.75) is 18.8 Å². The first-order valence-corrected chi connectivity index (χ1v) is 10.1. The number of hydrogen-bond acceptors (Lipinski definition) is 5. The van der Waals surface area contributed by atoms with Crippen molar-refractivity contribution >= 4 is 22.4 Å². The van der Waals surface area contributed by atoms with Gasteiger partial charge in [0.25, 0.3) is 5.91 Å². The molecule has 5 rings (SSSR count). The van der Waals surface area contributed by atoms with Gasteiger partial charge >= 0.3 is 0 Å². The number of benzene rings is 2. The Labute approximate surface area is 170 Å². The molecule has 0 aliphatic heterocycles. The molecule has 144 valence electrons. The molecule has 1 amide bonds. The molecule has 0 bridgehead atoms. The van der Waals surface area contributed by atoms with Crippen molar-refractivity contribution in [1.29, 1.82) is 0 Å². The maximum atomic E-state index is 14.0. The van der Waals surface area contributed by atoms with Gasteiger partial charge in [-0.1, -0.05) is 24.3 Å². The van der Waals surface area contributed by atoms with Crippen LogP contribution in [0, 0.1) is 5.82 Å². The van der Waals surface area contributed by atoms with E-state index >= 15 is 0 Å². The van der Waals surface area contributed by atoms with Crippen LogP contribution in [0.3, 0.4) is 0 Å². The van der Waals surface area contributed by atoms with E-state index in [0.717, 1.165) is 18.5 Å². The zero-order valence-electron chi connectivity index (χ0n) is 15.3. The molecule has 1 N–H and O–H groups in total. The molecule has 7 heteroatoms. The van der Waals surface area contributed by atoms with Crippen molar-refractivity contribution < 1.29 is 13.6 Å². The molecular formula is C22H16FN3O2S. The molecule has 1 fully saturated rings. The predicted molar refractivity (Wildman–Crippen MR) is 109 cm³/mol. The minimum atomic E-state index is -0.392. The van der Waals surface area contributed by atoms with Crippen LogP contribution in [-0.4, -0.2) is 15.9 Å². The van der Waals surface area contributed by atoms with Crippen molar-refractivity contribution in [3.8, 4) is 22.8 Å². The summed E-state index contributed by atoms with van der Waals surface area (Å²) in [4.78, 5) is 21.6. The van der Waals surface area contributed by atoms with Gasteiger partial charge in [-0.05, 0) is 37.1 Å². The Kier molecular flexibility index (Phi) is 4.44. The Morgan fingerprint density at radius 1 is 1.10 bits per heavy atom. The third-order valence-electron chi connectivity index (χ3n) is 4.79. The molecule has 2 heterocycles. The SMILES string of the molecule is O=C(Nc1nc(C2CC2)cs1)c1ccccc1-c1ncc(-c2ccccc2F)o1. The number of aromatic nitrogens is 2. The zero-order valence-corrected chi connectivity index (χ0v) is 16.1. The summed E-state index contributed by atoms with van der Waals surface area (Å²) in [5.41, 5.74) is 2.31. The van der Waals surface area contributed by atoms with Gasteiger partial charge in [-0.25, -0.2) is 14.4 Å². The van der Waals surface area contributed by atoms with Crippen LogP contribution in [0.15, 0.2) is 64.5 Å². The van der Waals surface area contributed by atoms with Gasteiger partial charge in [-0.3, -0.25) is 10.1 Å². The van der Waals surface area contributed by atoms with E-state index < -0.39 is 5.82 Å². The molecule has 0 saturated heterocycles. The molecule has 0 spiro atoms. The zero-order chi connectivity index (χ0) is 19.8. The van der Waals surface area contributed by atoms with Gasteiger partial charge in [0.15, 0.2) is 10.9 Å². The maximum absolute atomic E-state index is 14.0. The number of amides is 1. The van der Waals surface area contributed by atoms with E-state index in [2.05, 4.69) is 15.3 Å². The summed E-state index contributed by atoms with van der Waals surface area (Å²) < 4.78 is 19.8. The van der Waals surface area contributed by atoms with Crippen LogP contribution in [0.2, 0.25) is 0 Å². The third kappa shape index (κ3) is 3.56. The average Bonchev–Trinajstić information content (AvgIpc) is 3.29. The highest BCUT2D eigenvalue weighted by Gasteiger charge is 2.26. The minimum absolute atomic E-state index is 0.256. The molecule has 1 aliphatic carbocycles. The average molecular weight is 405 g/mol. The number of nitrogens with one attached hydrogen (secondary N) is 1. The number of thiazole rings is 1. The van der Waals surface area contributed by atoms with Gasteiger partial charge in [-0.15, -0.1) is 11.3 Å². The van der Waals surface area contributed by atoms with Gasteiger partial charge in [0, 0.05) is 16.9 Å². The van der Waals surface area contributed by atoms with Gasteiger partial charge < -0.3 is 4.42 Å². The second-order valence-electron chi connectivity index (χ2n) is 6.86. The van der Waals surface area contributed by atoms with Crippen molar-refractivity contribution in [3.63, 3.8) is 0 Å². The van der Waals surface area contributed by atoms with Crippen molar-refractivity contribution in [3.05, 3.63) is 77.2 Å². The number of hydrogen-bond donors (Lipinski definition) is 1. The summed E-state index contributed by atoms with van der Waals surface area (Å²) in [6.45, 7) is 0. The lowest BCUT2D eigenvalue weighted by atomic mass is 10.1. The third-order valence-corrected chi connectivity index (χ3v) is 5.56. The van der Waals surface area contributed by atoms with Crippen molar-refractivity contribution in [2.75, 3.05) is 5.32 Å². The Bertz CT molecular complexity index is 1200. The van der Waals surface area contributed by atoms with Crippen LogP contribution >= 0.6 is 11.3 Å². The van der Waals surface area contributed by atoms with E-state index in [0.29, 0.717) is 33.5 Å². The molecule has 29 heavy (non-hydrogen) atoms. The molecule has 0 unspecified atom stereocenters. The highest BCUT2D eigenvalue weighted by atomic mass is 32.1. The molecular weight excluding hydrogens is 389 g/mol. The molecule has 2 aromatic carbocycles. The van der Waals surface area contributed by atoms with Crippen LogP contribution in [0.1, 0.15) is 34.8 Å². The highest BCUT2D eigenvalue weighted by Crippen LogP contribution is 2.41. The largest absolute Gasteiger partial charge is 0.436 e. The number of halogens is 1. The molecule has 2 aromatic heterocycles. The number of nitrogens with zero attached hydrogens (tertiary/aromatic N) is 2. The molecule has 0 radical (unpaired) electrons. The van der Waals surface area contributed by atoms with Gasteiger partial charge in [-0.2, -0.15) is 0 Å². The first kappa shape index (κ1) is 17.8. The van der Waals surface area contributed by atoms with E-state index in [1.54, 1.807) is 42.5 Å². The lowest BCUT2D eigenvalue weighted by molar-refractivity contribution is 0.102. The molecule has 1 aliphatic rings. The summed E-state index contributed by atoms with van der Waals surface area (Å²) in [5.74, 6) is 0.418.